The number of ether oxygens (including phenoxy) is 1. The van der Waals surface area contributed by atoms with Crippen molar-refractivity contribution in [2.75, 3.05) is 7.11 Å². The Labute approximate surface area is 82.6 Å². The van der Waals surface area contributed by atoms with Gasteiger partial charge in [0.1, 0.15) is 0 Å². The van der Waals surface area contributed by atoms with Crippen LogP contribution in [0.5, 0.6) is 5.88 Å². The first kappa shape index (κ1) is 9.88. The lowest BCUT2D eigenvalue weighted by Crippen LogP contribution is -2.26. The van der Waals surface area contributed by atoms with Crippen LogP contribution in [0, 0.1) is 0 Å². The van der Waals surface area contributed by atoms with Gasteiger partial charge in [0, 0.05) is 12.5 Å². The maximum Gasteiger partial charge on any atom is 0.323 e. The molecule has 1 aliphatic rings. The van der Waals surface area contributed by atoms with Crippen molar-refractivity contribution in [2.24, 2.45) is 0 Å². The molecule has 0 spiro atoms. The molecule has 0 saturated heterocycles. The van der Waals surface area contributed by atoms with Gasteiger partial charge in [-0.2, -0.15) is 0 Å². The van der Waals surface area contributed by atoms with E-state index in [1.807, 2.05) is 0 Å². The molecule has 1 aromatic heterocycles. The number of carboxylic acids is 1. The van der Waals surface area contributed by atoms with Crippen molar-refractivity contribution in [3.8, 4) is 5.88 Å². The van der Waals surface area contributed by atoms with Crippen LogP contribution in [-0.2, 0) is 10.2 Å². The fourth-order valence-electron chi connectivity index (χ4n) is 1.45. The van der Waals surface area contributed by atoms with E-state index < -0.39 is 23.7 Å². The van der Waals surface area contributed by atoms with E-state index >= 15 is 0 Å². The number of nitrogens with zero attached hydrogens (tertiary/aromatic N) is 1. The summed E-state index contributed by atoms with van der Waals surface area (Å²) >= 11 is 0. The summed E-state index contributed by atoms with van der Waals surface area (Å²) in [5.41, 5.74) is -2.27. The Balaban J connectivity index is 2.40. The van der Waals surface area contributed by atoms with Gasteiger partial charge in [0.15, 0.2) is 11.2 Å². The molecule has 2 rings (SSSR count). The second-order valence-corrected chi connectivity index (χ2v) is 3.33. The zero-order valence-corrected chi connectivity index (χ0v) is 7.66. The van der Waals surface area contributed by atoms with Crippen LogP contribution in [0.25, 0.3) is 0 Å². The number of hydrogen-bond donors (Lipinski definition) is 1. The lowest BCUT2D eigenvalue weighted by molar-refractivity contribution is -0.143. The summed E-state index contributed by atoms with van der Waals surface area (Å²) in [5, 5.41) is 12.1. The Hall–Kier alpha value is -1.66. The molecular weight excluding hydrogens is 212 g/mol. The summed E-state index contributed by atoms with van der Waals surface area (Å²) in [4.78, 5) is 10.8. The minimum atomic E-state index is -3.29. The number of rotatable bonds is 3. The van der Waals surface area contributed by atoms with Gasteiger partial charge >= 0.3 is 5.97 Å². The van der Waals surface area contributed by atoms with E-state index in [0.29, 0.717) is 0 Å². The van der Waals surface area contributed by atoms with Crippen LogP contribution >= 0.6 is 0 Å². The summed E-state index contributed by atoms with van der Waals surface area (Å²) in [7, 11) is 1.28. The Kier molecular flexibility index (Phi) is 1.76. The molecule has 1 heterocycles. The minimum absolute atomic E-state index is 0.0201. The fourth-order valence-corrected chi connectivity index (χ4v) is 1.45. The van der Waals surface area contributed by atoms with Gasteiger partial charge in [0.05, 0.1) is 7.11 Å². The number of aromatic nitrogens is 1. The molecule has 15 heavy (non-hydrogen) atoms. The zero-order chi connectivity index (χ0) is 11.3. The molecule has 0 aromatic carbocycles. The molecule has 0 aliphatic heterocycles. The first-order valence-electron chi connectivity index (χ1n) is 4.06. The van der Waals surface area contributed by atoms with E-state index in [1.54, 1.807) is 0 Å². The summed E-state index contributed by atoms with van der Waals surface area (Å²) < 4.78 is 35.2. The molecule has 1 N–H and O–H groups in total. The van der Waals surface area contributed by atoms with E-state index in [0.717, 1.165) is 6.07 Å². The highest BCUT2D eigenvalue weighted by molar-refractivity contribution is 5.86. The van der Waals surface area contributed by atoms with Crippen molar-refractivity contribution in [1.29, 1.82) is 0 Å². The van der Waals surface area contributed by atoms with Gasteiger partial charge in [-0.25, -0.2) is 8.78 Å². The maximum atomic E-state index is 13.0. The predicted molar refractivity (Wildman–Crippen MR) is 41.9 cm³/mol. The second kappa shape index (κ2) is 2.68. The van der Waals surface area contributed by atoms with E-state index in [2.05, 4.69) is 14.4 Å². The topological polar surface area (TPSA) is 72.6 Å². The third kappa shape index (κ3) is 1.12. The van der Waals surface area contributed by atoms with Gasteiger partial charge in [-0.3, -0.25) is 4.79 Å². The Morgan fingerprint density at radius 2 is 2.33 bits per heavy atom. The largest absolute Gasteiger partial charge is 0.480 e. The minimum Gasteiger partial charge on any atom is -0.480 e. The standard InChI is InChI=1S/C8H7F2NO4/c1-14-5-2-4(15-11-5)7(6(12)13)3-8(7,9)10/h2H,3H2,1H3,(H,12,13). The molecule has 0 radical (unpaired) electrons. The number of carboxylic acid groups (broad SMARTS) is 1. The molecule has 7 heteroatoms. The molecule has 1 aliphatic carbocycles. The van der Waals surface area contributed by atoms with Crippen molar-refractivity contribution in [1.82, 2.24) is 5.16 Å². The average molecular weight is 219 g/mol. The molecule has 5 nitrogen and oxygen atoms in total. The summed E-state index contributed by atoms with van der Waals surface area (Å²) in [6.45, 7) is 0. The van der Waals surface area contributed by atoms with Crippen LogP contribution in [0.2, 0.25) is 0 Å². The summed E-state index contributed by atoms with van der Waals surface area (Å²) in [5.74, 6) is -5.31. The van der Waals surface area contributed by atoms with Gasteiger partial charge in [-0.05, 0) is 5.16 Å². The number of aliphatic carboxylic acids is 1. The van der Waals surface area contributed by atoms with E-state index in [1.165, 1.54) is 7.11 Å². The highest BCUT2D eigenvalue weighted by Gasteiger charge is 2.79. The highest BCUT2D eigenvalue weighted by Crippen LogP contribution is 2.62. The molecule has 1 fully saturated rings. The fraction of sp³-hybridized carbons (Fsp3) is 0.500. The molecule has 82 valence electrons. The first-order valence-corrected chi connectivity index (χ1v) is 4.06. The number of hydrogen-bond acceptors (Lipinski definition) is 4. The molecule has 0 bridgehead atoms. The SMILES string of the molecule is COc1cc(C2(C(=O)O)CC2(F)F)on1. The van der Waals surface area contributed by atoms with Crippen LogP contribution in [0.4, 0.5) is 8.78 Å². The lowest BCUT2D eigenvalue weighted by Gasteiger charge is -2.05. The zero-order valence-electron chi connectivity index (χ0n) is 7.66. The monoisotopic (exact) mass is 219 g/mol. The first-order chi connectivity index (χ1) is 6.94. The summed E-state index contributed by atoms with van der Waals surface area (Å²) in [6.07, 6.45) is -0.770. The Morgan fingerprint density at radius 3 is 2.67 bits per heavy atom. The van der Waals surface area contributed by atoms with Crippen LogP contribution in [0.15, 0.2) is 10.6 Å². The van der Waals surface area contributed by atoms with Crippen molar-refractivity contribution in [2.45, 2.75) is 17.8 Å². The van der Waals surface area contributed by atoms with Crippen molar-refractivity contribution in [3.63, 3.8) is 0 Å². The lowest BCUT2D eigenvalue weighted by atomic mass is 10.0. The maximum absolute atomic E-state index is 13.0. The molecule has 0 amide bonds. The van der Waals surface area contributed by atoms with Crippen LogP contribution in [-0.4, -0.2) is 29.3 Å². The van der Waals surface area contributed by atoms with Crippen LogP contribution in [0.3, 0.4) is 0 Å². The third-order valence-electron chi connectivity index (χ3n) is 2.47. The van der Waals surface area contributed by atoms with Gasteiger partial charge in [-0.15, -0.1) is 0 Å². The highest BCUT2D eigenvalue weighted by atomic mass is 19.3. The Morgan fingerprint density at radius 1 is 1.73 bits per heavy atom. The van der Waals surface area contributed by atoms with Gasteiger partial charge in [0.2, 0.25) is 0 Å². The quantitative estimate of drug-likeness (QED) is 0.822. The van der Waals surface area contributed by atoms with Crippen molar-refractivity contribution < 1.29 is 27.9 Å². The van der Waals surface area contributed by atoms with Gasteiger partial charge in [-0.1, -0.05) is 0 Å². The molecule has 1 atom stereocenters. The van der Waals surface area contributed by atoms with E-state index in [-0.39, 0.29) is 11.6 Å². The number of methoxy groups -OCH3 is 1. The predicted octanol–water partition coefficient (Wildman–Crippen LogP) is 1.04. The average Bonchev–Trinajstić information content (AvgIpc) is 2.60. The van der Waals surface area contributed by atoms with Crippen molar-refractivity contribution >= 4 is 5.97 Å². The van der Waals surface area contributed by atoms with Gasteiger partial charge in [0.25, 0.3) is 11.8 Å². The Bertz CT molecular complexity index is 417. The van der Waals surface area contributed by atoms with Crippen LogP contribution < -0.4 is 4.74 Å². The molecule has 1 saturated carbocycles. The molecule has 1 unspecified atom stereocenters. The van der Waals surface area contributed by atoms with Gasteiger partial charge < -0.3 is 14.4 Å². The van der Waals surface area contributed by atoms with Crippen molar-refractivity contribution in [3.05, 3.63) is 11.8 Å². The van der Waals surface area contributed by atoms with E-state index in [4.69, 9.17) is 5.11 Å². The normalized spacial score (nSPS) is 27.4. The summed E-state index contributed by atoms with van der Waals surface area (Å²) in [6, 6.07) is 1.06. The molecular formula is C8H7F2NO4. The second-order valence-electron chi connectivity index (χ2n) is 3.33. The van der Waals surface area contributed by atoms with E-state index in [9.17, 15) is 13.6 Å². The number of halogens is 2. The smallest absolute Gasteiger partial charge is 0.323 e. The number of alkyl halides is 2. The van der Waals surface area contributed by atoms with Crippen LogP contribution in [0.1, 0.15) is 12.2 Å². The third-order valence-corrected chi connectivity index (χ3v) is 2.47. The molecule has 1 aromatic rings. The number of carbonyl (C=O) groups is 1.